The number of hydrogen-bond acceptors (Lipinski definition) is 2. The number of hydrogen-bond donors (Lipinski definition) is 2. The van der Waals surface area contributed by atoms with Gasteiger partial charge in [-0.3, -0.25) is 5.10 Å². The Bertz CT molecular complexity index is 230. The lowest BCUT2D eigenvalue weighted by Gasteiger charge is -1.96. The van der Waals surface area contributed by atoms with Gasteiger partial charge in [0.1, 0.15) is 0 Å². The van der Waals surface area contributed by atoms with Gasteiger partial charge in [-0.1, -0.05) is 13.3 Å². The summed E-state index contributed by atoms with van der Waals surface area (Å²) in [7, 11) is 0. The van der Waals surface area contributed by atoms with Gasteiger partial charge in [-0.05, 0) is 13.3 Å². The summed E-state index contributed by atoms with van der Waals surface area (Å²) in [6.07, 6.45) is 2.01. The van der Waals surface area contributed by atoms with E-state index in [1.807, 2.05) is 6.92 Å². The molecule has 0 saturated carbocycles. The maximum absolute atomic E-state index is 8.95. The molecule has 3 heteroatoms. The summed E-state index contributed by atoms with van der Waals surface area (Å²) in [6.45, 7) is 4.13. The molecule has 0 spiro atoms. The third-order valence-electron chi connectivity index (χ3n) is 1.80. The third kappa shape index (κ3) is 1.60. The lowest BCUT2D eigenvalue weighted by Crippen LogP contribution is -1.91. The molecule has 0 aliphatic rings. The first kappa shape index (κ1) is 8.27. The van der Waals surface area contributed by atoms with Gasteiger partial charge in [0.2, 0.25) is 0 Å². The van der Waals surface area contributed by atoms with Crippen molar-refractivity contribution in [3.8, 4) is 0 Å². The highest BCUT2D eigenvalue weighted by atomic mass is 16.3. The summed E-state index contributed by atoms with van der Waals surface area (Å²) in [5.41, 5.74) is 2.95. The van der Waals surface area contributed by atoms with Crippen LogP contribution < -0.4 is 0 Å². The van der Waals surface area contributed by atoms with Gasteiger partial charge in [0.25, 0.3) is 0 Å². The highest BCUT2D eigenvalue weighted by Gasteiger charge is 2.06. The summed E-state index contributed by atoms with van der Waals surface area (Å²) in [5, 5.41) is 15.9. The van der Waals surface area contributed by atoms with Crippen LogP contribution in [-0.2, 0) is 13.0 Å². The van der Waals surface area contributed by atoms with E-state index in [1.165, 1.54) is 0 Å². The predicted octanol–water partition coefficient (Wildman–Crippen LogP) is 1.16. The first-order valence-corrected chi connectivity index (χ1v) is 3.93. The van der Waals surface area contributed by atoms with Crippen LogP contribution in [0.2, 0.25) is 0 Å². The van der Waals surface area contributed by atoms with E-state index in [2.05, 4.69) is 17.1 Å². The normalized spacial score (nSPS) is 10.5. The Morgan fingerprint density at radius 1 is 1.55 bits per heavy atom. The monoisotopic (exact) mass is 154 g/mol. The van der Waals surface area contributed by atoms with Gasteiger partial charge < -0.3 is 5.11 Å². The molecule has 1 aromatic rings. The molecule has 0 saturated heterocycles. The standard InChI is InChI=1S/C8H14N2O/c1-3-4-8-7(5-11)6(2)9-10-8/h11H,3-5H2,1-2H3,(H,9,10). The lowest BCUT2D eigenvalue weighted by molar-refractivity contribution is 0.280. The van der Waals surface area contributed by atoms with Gasteiger partial charge in [-0.2, -0.15) is 5.10 Å². The molecule has 0 amide bonds. The van der Waals surface area contributed by atoms with E-state index in [0.29, 0.717) is 0 Å². The summed E-state index contributed by atoms with van der Waals surface area (Å²) < 4.78 is 0. The van der Waals surface area contributed by atoms with E-state index >= 15 is 0 Å². The van der Waals surface area contributed by atoms with Crippen LogP contribution in [0.15, 0.2) is 0 Å². The maximum atomic E-state index is 8.95. The maximum Gasteiger partial charge on any atom is 0.0718 e. The van der Waals surface area contributed by atoms with E-state index in [9.17, 15) is 0 Å². The second kappa shape index (κ2) is 3.53. The van der Waals surface area contributed by atoms with Crippen LogP contribution in [0.25, 0.3) is 0 Å². The van der Waals surface area contributed by atoms with Gasteiger partial charge in [0.15, 0.2) is 0 Å². The van der Waals surface area contributed by atoms with Gasteiger partial charge in [0.05, 0.1) is 12.3 Å². The van der Waals surface area contributed by atoms with E-state index in [4.69, 9.17) is 5.11 Å². The van der Waals surface area contributed by atoms with Crippen molar-refractivity contribution in [2.75, 3.05) is 0 Å². The highest BCUT2D eigenvalue weighted by molar-refractivity contribution is 5.23. The van der Waals surface area contributed by atoms with Gasteiger partial charge in [-0.15, -0.1) is 0 Å². The van der Waals surface area contributed by atoms with E-state index < -0.39 is 0 Å². The number of rotatable bonds is 3. The molecule has 1 aromatic heterocycles. The second-order valence-corrected chi connectivity index (χ2v) is 2.68. The van der Waals surface area contributed by atoms with Crippen LogP contribution in [-0.4, -0.2) is 15.3 Å². The number of nitrogens with one attached hydrogen (secondary N) is 1. The molecule has 2 N–H and O–H groups in total. The Labute approximate surface area is 66.4 Å². The Hall–Kier alpha value is -0.830. The Morgan fingerprint density at radius 3 is 2.82 bits per heavy atom. The van der Waals surface area contributed by atoms with Crippen molar-refractivity contribution in [1.82, 2.24) is 10.2 Å². The average molecular weight is 154 g/mol. The Balaban J connectivity index is 2.86. The Morgan fingerprint density at radius 2 is 2.27 bits per heavy atom. The lowest BCUT2D eigenvalue weighted by atomic mass is 10.1. The zero-order valence-electron chi connectivity index (χ0n) is 7.02. The second-order valence-electron chi connectivity index (χ2n) is 2.68. The fourth-order valence-electron chi connectivity index (χ4n) is 1.16. The molecule has 0 fully saturated rings. The van der Waals surface area contributed by atoms with Crippen molar-refractivity contribution < 1.29 is 5.11 Å². The van der Waals surface area contributed by atoms with Crippen molar-refractivity contribution >= 4 is 0 Å². The fraction of sp³-hybridized carbons (Fsp3) is 0.625. The number of aromatic amines is 1. The molecular weight excluding hydrogens is 140 g/mol. The highest BCUT2D eigenvalue weighted by Crippen LogP contribution is 2.11. The number of aromatic nitrogens is 2. The average Bonchev–Trinajstić information content (AvgIpc) is 2.33. The van der Waals surface area contributed by atoms with Crippen LogP contribution >= 0.6 is 0 Å². The predicted molar refractivity (Wildman–Crippen MR) is 43.2 cm³/mol. The van der Waals surface area contributed by atoms with Crippen LogP contribution in [0.1, 0.15) is 30.3 Å². The molecule has 0 unspecified atom stereocenters. The third-order valence-corrected chi connectivity index (χ3v) is 1.80. The van der Waals surface area contributed by atoms with Crippen molar-refractivity contribution in [3.63, 3.8) is 0 Å². The van der Waals surface area contributed by atoms with Crippen LogP contribution in [0.5, 0.6) is 0 Å². The number of aliphatic hydroxyl groups is 1. The van der Waals surface area contributed by atoms with Gasteiger partial charge in [-0.25, -0.2) is 0 Å². The van der Waals surface area contributed by atoms with Crippen LogP contribution in [0.3, 0.4) is 0 Å². The molecule has 0 radical (unpaired) electrons. The summed E-state index contributed by atoms with van der Waals surface area (Å²) in [6, 6.07) is 0. The molecular formula is C8H14N2O. The van der Waals surface area contributed by atoms with Crippen molar-refractivity contribution in [2.45, 2.75) is 33.3 Å². The summed E-state index contributed by atoms with van der Waals surface area (Å²) in [5.74, 6) is 0. The van der Waals surface area contributed by atoms with Gasteiger partial charge >= 0.3 is 0 Å². The van der Waals surface area contributed by atoms with Crippen molar-refractivity contribution in [2.24, 2.45) is 0 Å². The fourth-order valence-corrected chi connectivity index (χ4v) is 1.16. The minimum atomic E-state index is 0.0949. The molecule has 0 bridgehead atoms. The van der Waals surface area contributed by atoms with Crippen LogP contribution in [0, 0.1) is 6.92 Å². The number of aryl methyl sites for hydroxylation is 2. The molecule has 11 heavy (non-hydrogen) atoms. The van der Waals surface area contributed by atoms with Crippen molar-refractivity contribution in [1.29, 1.82) is 0 Å². The van der Waals surface area contributed by atoms with E-state index in [-0.39, 0.29) is 6.61 Å². The molecule has 3 nitrogen and oxygen atoms in total. The van der Waals surface area contributed by atoms with Crippen LogP contribution in [0.4, 0.5) is 0 Å². The number of aliphatic hydroxyl groups excluding tert-OH is 1. The zero-order chi connectivity index (χ0) is 8.27. The minimum Gasteiger partial charge on any atom is -0.392 e. The zero-order valence-corrected chi connectivity index (χ0v) is 7.02. The topological polar surface area (TPSA) is 48.9 Å². The number of nitrogens with zero attached hydrogens (tertiary/aromatic N) is 1. The molecule has 1 rings (SSSR count). The first-order chi connectivity index (χ1) is 5.29. The largest absolute Gasteiger partial charge is 0.392 e. The SMILES string of the molecule is CCCc1n[nH]c(C)c1CO. The molecule has 1 heterocycles. The van der Waals surface area contributed by atoms with Crippen molar-refractivity contribution in [3.05, 3.63) is 17.0 Å². The summed E-state index contributed by atoms with van der Waals surface area (Å²) >= 11 is 0. The first-order valence-electron chi connectivity index (χ1n) is 3.93. The molecule has 0 aliphatic carbocycles. The molecule has 0 atom stereocenters. The Kier molecular flexibility index (Phi) is 2.65. The summed E-state index contributed by atoms with van der Waals surface area (Å²) in [4.78, 5) is 0. The molecule has 0 aromatic carbocycles. The minimum absolute atomic E-state index is 0.0949. The van der Waals surface area contributed by atoms with E-state index in [1.54, 1.807) is 0 Å². The van der Waals surface area contributed by atoms with E-state index in [0.717, 1.165) is 29.8 Å². The number of H-pyrrole nitrogens is 1. The smallest absolute Gasteiger partial charge is 0.0718 e. The quantitative estimate of drug-likeness (QED) is 0.686. The van der Waals surface area contributed by atoms with Gasteiger partial charge in [0, 0.05) is 11.3 Å². The molecule has 62 valence electrons. The molecule has 0 aliphatic heterocycles.